The lowest BCUT2D eigenvalue weighted by Crippen LogP contribution is -2.34. The molecule has 1 fully saturated rings. The summed E-state index contributed by atoms with van der Waals surface area (Å²) in [5, 5.41) is 0. The molecule has 0 amide bonds. The van der Waals surface area contributed by atoms with Crippen LogP contribution in [0.4, 0.5) is 0 Å². The number of benzene rings is 2. The van der Waals surface area contributed by atoms with Crippen molar-refractivity contribution in [2.24, 2.45) is 5.92 Å². The van der Waals surface area contributed by atoms with E-state index in [0.29, 0.717) is 11.8 Å². The summed E-state index contributed by atoms with van der Waals surface area (Å²) in [5.41, 5.74) is 8.48. The molecular formula is C26H31N. The zero-order valence-electron chi connectivity index (χ0n) is 16.6. The van der Waals surface area contributed by atoms with Crippen LogP contribution in [0.5, 0.6) is 0 Å². The summed E-state index contributed by atoms with van der Waals surface area (Å²) in [5.74, 6) is 1.19. The Morgan fingerprint density at radius 1 is 1.07 bits per heavy atom. The van der Waals surface area contributed by atoms with E-state index in [0.717, 1.165) is 25.9 Å². The number of rotatable bonds is 5. The molecule has 0 N–H and O–H groups in total. The van der Waals surface area contributed by atoms with Gasteiger partial charge in [0.25, 0.3) is 0 Å². The average Bonchev–Trinajstić information content (AvgIpc) is 3.08. The zero-order chi connectivity index (χ0) is 18.8. The van der Waals surface area contributed by atoms with Gasteiger partial charge in [0.2, 0.25) is 0 Å². The molecule has 1 aliphatic carbocycles. The SMILES string of the molecule is C=C1CCc2cc(C3CCN(C(=C)C(C)Cc4ccccc4)CC3)ccc21. The second kappa shape index (κ2) is 7.76. The van der Waals surface area contributed by atoms with Crippen molar-refractivity contribution < 1.29 is 0 Å². The largest absolute Gasteiger partial charge is 0.375 e. The summed E-state index contributed by atoms with van der Waals surface area (Å²) in [7, 11) is 0. The third-order valence-electron chi connectivity index (χ3n) is 6.53. The molecule has 4 rings (SSSR count). The Balaban J connectivity index is 1.35. The Morgan fingerprint density at radius 3 is 2.56 bits per heavy atom. The summed E-state index contributed by atoms with van der Waals surface area (Å²) in [6.07, 6.45) is 5.85. The molecule has 0 radical (unpaired) electrons. The molecule has 27 heavy (non-hydrogen) atoms. The Kier molecular flexibility index (Phi) is 5.20. The van der Waals surface area contributed by atoms with E-state index in [4.69, 9.17) is 0 Å². The van der Waals surface area contributed by atoms with Crippen molar-refractivity contribution >= 4 is 5.57 Å². The minimum atomic E-state index is 0.495. The minimum absolute atomic E-state index is 0.495. The fourth-order valence-electron chi connectivity index (χ4n) is 4.74. The summed E-state index contributed by atoms with van der Waals surface area (Å²) >= 11 is 0. The Labute approximate surface area is 164 Å². The van der Waals surface area contributed by atoms with Gasteiger partial charge in [-0.1, -0.05) is 68.6 Å². The molecular weight excluding hydrogens is 326 g/mol. The number of nitrogens with zero attached hydrogens (tertiary/aromatic N) is 1. The van der Waals surface area contributed by atoms with Gasteiger partial charge in [-0.15, -0.1) is 0 Å². The van der Waals surface area contributed by atoms with Crippen molar-refractivity contribution in [2.75, 3.05) is 13.1 Å². The number of hydrogen-bond acceptors (Lipinski definition) is 1. The number of aryl methyl sites for hydroxylation is 1. The molecule has 0 aromatic heterocycles. The van der Waals surface area contributed by atoms with Gasteiger partial charge >= 0.3 is 0 Å². The number of likely N-dealkylation sites (tertiary alicyclic amines) is 1. The maximum Gasteiger partial charge on any atom is 0.0180 e. The summed E-state index contributed by atoms with van der Waals surface area (Å²) < 4.78 is 0. The third kappa shape index (κ3) is 3.88. The lowest BCUT2D eigenvalue weighted by molar-refractivity contribution is 0.241. The van der Waals surface area contributed by atoms with Crippen molar-refractivity contribution in [3.63, 3.8) is 0 Å². The van der Waals surface area contributed by atoms with Gasteiger partial charge in [-0.05, 0) is 71.8 Å². The average molecular weight is 358 g/mol. The monoisotopic (exact) mass is 357 g/mol. The molecule has 2 aromatic carbocycles. The van der Waals surface area contributed by atoms with Crippen LogP contribution in [-0.4, -0.2) is 18.0 Å². The normalized spacial score (nSPS) is 18.4. The van der Waals surface area contributed by atoms with E-state index in [-0.39, 0.29) is 0 Å². The highest BCUT2D eigenvalue weighted by atomic mass is 15.1. The van der Waals surface area contributed by atoms with E-state index < -0.39 is 0 Å². The van der Waals surface area contributed by atoms with Gasteiger partial charge in [-0.25, -0.2) is 0 Å². The number of piperidine rings is 1. The third-order valence-corrected chi connectivity index (χ3v) is 6.53. The molecule has 0 saturated carbocycles. The number of fused-ring (bicyclic) bond motifs is 1. The highest BCUT2D eigenvalue weighted by Crippen LogP contribution is 2.36. The van der Waals surface area contributed by atoms with E-state index in [1.54, 1.807) is 0 Å². The van der Waals surface area contributed by atoms with Crippen molar-refractivity contribution in [1.82, 2.24) is 4.90 Å². The topological polar surface area (TPSA) is 3.24 Å². The number of allylic oxidation sites excluding steroid dienone is 2. The molecule has 0 bridgehead atoms. The molecule has 2 aliphatic rings. The van der Waals surface area contributed by atoms with E-state index in [9.17, 15) is 0 Å². The molecule has 1 unspecified atom stereocenters. The fraction of sp³-hybridized carbons (Fsp3) is 0.385. The Hall–Kier alpha value is -2.28. The first kappa shape index (κ1) is 18.1. The molecule has 1 nitrogen and oxygen atoms in total. The van der Waals surface area contributed by atoms with Crippen LogP contribution >= 0.6 is 0 Å². The van der Waals surface area contributed by atoms with Crippen LogP contribution in [-0.2, 0) is 12.8 Å². The molecule has 1 saturated heterocycles. The Bertz CT molecular complexity index is 825. The molecule has 1 heterocycles. The standard InChI is InChI=1S/C26H31N/c1-19-9-10-25-18-24(11-12-26(19)25)23-13-15-27(16-14-23)21(3)20(2)17-22-7-5-4-6-8-22/h4-8,11-12,18,20,23H,1,3,9-10,13-17H2,2H3. The molecule has 1 aliphatic heterocycles. The van der Waals surface area contributed by atoms with Crippen molar-refractivity contribution in [3.8, 4) is 0 Å². The first-order valence-corrected chi connectivity index (χ1v) is 10.4. The van der Waals surface area contributed by atoms with E-state index >= 15 is 0 Å². The predicted molar refractivity (Wildman–Crippen MR) is 116 cm³/mol. The van der Waals surface area contributed by atoms with Crippen LogP contribution in [0.25, 0.3) is 5.57 Å². The molecule has 1 atom stereocenters. The maximum atomic E-state index is 4.44. The molecule has 140 valence electrons. The van der Waals surface area contributed by atoms with E-state index in [2.05, 4.69) is 73.5 Å². The summed E-state index contributed by atoms with van der Waals surface area (Å²) in [6.45, 7) is 13.2. The van der Waals surface area contributed by atoms with Crippen molar-refractivity contribution in [3.05, 3.63) is 89.6 Å². The van der Waals surface area contributed by atoms with Crippen LogP contribution in [0.15, 0.2) is 67.4 Å². The highest BCUT2D eigenvalue weighted by molar-refractivity contribution is 5.71. The van der Waals surface area contributed by atoms with Gasteiger partial charge in [0, 0.05) is 18.8 Å². The van der Waals surface area contributed by atoms with E-state index in [1.807, 2.05) is 0 Å². The van der Waals surface area contributed by atoms with Crippen molar-refractivity contribution in [2.45, 2.75) is 44.9 Å². The quantitative estimate of drug-likeness (QED) is 0.614. The fourth-order valence-corrected chi connectivity index (χ4v) is 4.74. The zero-order valence-corrected chi connectivity index (χ0v) is 16.6. The lowest BCUT2D eigenvalue weighted by atomic mass is 9.87. The van der Waals surface area contributed by atoms with Gasteiger partial charge in [-0.2, -0.15) is 0 Å². The van der Waals surface area contributed by atoms with E-state index in [1.165, 1.54) is 52.8 Å². The van der Waals surface area contributed by atoms with Gasteiger partial charge in [0.1, 0.15) is 0 Å². The first-order chi connectivity index (χ1) is 13.1. The summed E-state index contributed by atoms with van der Waals surface area (Å²) in [6, 6.07) is 17.9. The van der Waals surface area contributed by atoms with Gasteiger partial charge < -0.3 is 4.90 Å². The smallest absolute Gasteiger partial charge is 0.0180 e. The maximum absolute atomic E-state index is 4.44. The Morgan fingerprint density at radius 2 is 1.81 bits per heavy atom. The molecule has 0 spiro atoms. The van der Waals surface area contributed by atoms with Crippen LogP contribution in [0.1, 0.15) is 54.4 Å². The first-order valence-electron chi connectivity index (χ1n) is 10.4. The van der Waals surface area contributed by atoms with Crippen LogP contribution in [0.2, 0.25) is 0 Å². The van der Waals surface area contributed by atoms with Gasteiger partial charge in [-0.3, -0.25) is 0 Å². The second-order valence-electron chi connectivity index (χ2n) is 8.36. The van der Waals surface area contributed by atoms with Gasteiger partial charge in [0.05, 0.1) is 0 Å². The minimum Gasteiger partial charge on any atom is -0.375 e. The number of hydrogen-bond donors (Lipinski definition) is 0. The summed E-state index contributed by atoms with van der Waals surface area (Å²) in [4.78, 5) is 2.53. The molecule has 1 heteroatoms. The van der Waals surface area contributed by atoms with Crippen molar-refractivity contribution in [1.29, 1.82) is 0 Å². The lowest BCUT2D eigenvalue weighted by Gasteiger charge is -2.37. The van der Waals surface area contributed by atoms with Crippen LogP contribution in [0, 0.1) is 5.92 Å². The molecule has 2 aromatic rings. The van der Waals surface area contributed by atoms with Crippen LogP contribution < -0.4 is 0 Å². The second-order valence-corrected chi connectivity index (χ2v) is 8.36. The van der Waals surface area contributed by atoms with Gasteiger partial charge in [0.15, 0.2) is 0 Å². The highest BCUT2D eigenvalue weighted by Gasteiger charge is 2.24. The predicted octanol–water partition coefficient (Wildman–Crippen LogP) is 6.22. The van der Waals surface area contributed by atoms with Crippen LogP contribution in [0.3, 0.4) is 0 Å².